The first kappa shape index (κ1) is 39.2. The molecule has 0 saturated heterocycles. The van der Waals surface area contributed by atoms with E-state index < -0.39 is 47.0 Å². The van der Waals surface area contributed by atoms with Gasteiger partial charge in [-0.3, -0.25) is 13.9 Å². The van der Waals surface area contributed by atoms with Crippen LogP contribution >= 0.6 is 21.8 Å². The number of carbonyl (C=O) groups is 4. The third-order valence-corrected chi connectivity index (χ3v) is 8.98. The molecule has 2 rings (SSSR count). The average molecular weight is 673 g/mol. The quantitative estimate of drug-likeness (QED) is 0.129. The number of ether oxygens (including phenoxy) is 2. The van der Waals surface area contributed by atoms with Crippen LogP contribution in [0.15, 0.2) is 47.4 Å². The number of hydrogen-bond acceptors (Lipinski definition) is 8. The lowest BCUT2D eigenvalue weighted by Gasteiger charge is -2.33. The molecular weight excluding hydrogens is 621 g/mol. The van der Waals surface area contributed by atoms with E-state index in [-0.39, 0.29) is 23.0 Å². The molecule has 2 unspecified atom stereocenters. The van der Waals surface area contributed by atoms with Gasteiger partial charge in [-0.05, 0) is 114 Å². The van der Waals surface area contributed by atoms with Crippen LogP contribution in [0.1, 0.15) is 114 Å². The van der Waals surface area contributed by atoms with Crippen molar-refractivity contribution in [2.45, 2.75) is 124 Å². The van der Waals surface area contributed by atoms with Crippen molar-refractivity contribution in [3.05, 3.63) is 64.7 Å². The van der Waals surface area contributed by atoms with Gasteiger partial charge in [0.15, 0.2) is 0 Å². The molecule has 0 aromatic heterocycles. The number of nitrogens with zero attached hydrogens (tertiary/aromatic N) is 1. The van der Waals surface area contributed by atoms with Crippen molar-refractivity contribution in [2.24, 2.45) is 11.8 Å². The Morgan fingerprint density at radius 1 is 0.739 bits per heavy atom. The van der Waals surface area contributed by atoms with E-state index >= 15 is 0 Å². The van der Waals surface area contributed by atoms with Crippen LogP contribution in [0, 0.1) is 25.7 Å². The van der Waals surface area contributed by atoms with Crippen molar-refractivity contribution in [3.63, 3.8) is 0 Å². The molecule has 1 N–H and O–H groups in total. The van der Waals surface area contributed by atoms with E-state index in [1.807, 2.05) is 58.0 Å². The topological polar surface area (TPSA) is 102 Å². The minimum Gasteiger partial charge on any atom is -0.458 e. The van der Waals surface area contributed by atoms with Crippen LogP contribution < -0.4 is 5.32 Å². The van der Waals surface area contributed by atoms with Crippen LogP contribution in [0.25, 0.3) is 0 Å². The minimum absolute atomic E-state index is 0.0575. The Bertz CT molecular complexity index is 1360. The lowest BCUT2D eigenvalue weighted by Crippen LogP contribution is -2.47. The monoisotopic (exact) mass is 672 g/mol. The summed E-state index contributed by atoms with van der Waals surface area (Å²) in [6, 6.07) is 11.3. The van der Waals surface area contributed by atoms with Gasteiger partial charge in [0.25, 0.3) is 11.8 Å². The zero-order valence-electron chi connectivity index (χ0n) is 29.5. The summed E-state index contributed by atoms with van der Waals surface area (Å²) in [7, 11) is 2.49. The minimum atomic E-state index is -0.931. The first-order valence-electron chi connectivity index (χ1n) is 15.8. The van der Waals surface area contributed by atoms with E-state index in [4.69, 9.17) is 9.47 Å². The SMILES string of the molecule is Cc1ccc(C)c(C(=O)N(SSc2ccccc2)C(CC(C)C)C(=O)OC(C)(C)C)c1C(=O)NC(CC(C)C)C(=O)OC(C)(C)C. The van der Waals surface area contributed by atoms with Gasteiger partial charge >= 0.3 is 11.9 Å². The maximum absolute atomic E-state index is 14.8. The van der Waals surface area contributed by atoms with Crippen LogP contribution in [0.3, 0.4) is 0 Å². The first-order valence-corrected chi connectivity index (χ1v) is 17.9. The van der Waals surface area contributed by atoms with Gasteiger partial charge in [-0.25, -0.2) is 9.59 Å². The van der Waals surface area contributed by atoms with E-state index in [0.717, 1.165) is 15.9 Å². The van der Waals surface area contributed by atoms with Crippen LogP contribution in [0.2, 0.25) is 0 Å². The summed E-state index contributed by atoms with van der Waals surface area (Å²) in [5.41, 5.74) is -0.0408. The Hall–Kier alpha value is -2.98. The van der Waals surface area contributed by atoms with Gasteiger partial charge in [0, 0.05) is 15.9 Å². The molecule has 0 heterocycles. The summed E-state index contributed by atoms with van der Waals surface area (Å²) >= 11 is 0. The van der Waals surface area contributed by atoms with Crippen molar-refractivity contribution in [1.29, 1.82) is 0 Å². The Kier molecular flexibility index (Phi) is 14.3. The van der Waals surface area contributed by atoms with Gasteiger partial charge in [-0.1, -0.05) is 58.0 Å². The molecule has 0 saturated carbocycles. The zero-order chi connectivity index (χ0) is 35.0. The summed E-state index contributed by atoms with van der Waals surface area (Å²) in [5, 5.41) is 2.87. The molecule has 0 spiro atoms. The fourth-order valence-electron chi connectivity index (χ4n) is 4.67. The highest BCUT2D eigenvalue weighted by Gasteiger charge is 2.38. The molecule has 8 nitrogen and oxygen atoms in total. The average Bonchev–Trinajstić information content (AvgIpc) is 2.91. The highest BCUT2D eigenvalue weighted by molar-refractivity contribution is 8.76. The van der Waals surface area contributed by atoms with Crippen molar-refractivity contribution in [2.75, 3.05) is 0 Å². The molecule has 254 valence electrons. The Morgan fingerprint density at radius 2 is 1.24 bits per heavy atom. The van der Waals surface area contributed by atoms with E-state index in [9.17, 15) is 19.2 Å². The molecule has 0 radical (unpaired) electrons. The summed E-state index contributed by atoms with van der Waals surface area (Å²) in [6.45, 7) is 22.1. The number of amides is 2. The number of carbonyl (C=O) groups excluding carboxylic acids is 4. The predicted octanol–water partition coefficient (Wildman–Crippen LogP) is 8.34. The molecule has 0 bridgehead atoms. The number of rotatable bonds is 13. The molecule has 0 fully saturated rings. The lowest BCUT2D eigenvalue weighted by atomic mass is 9.94. The van der Waals surface area contributed by atoms with Gasteiger partial charge in [0.1, 0.15) is 23.3 Å². The van der Waals surface area contributed by atoms with Gasteiger partial charge in [-0.2, -0.15) is 0 Å². The number of nitrogens with one attached hydrogen (secondary N) is 1. The molecule has 2 aromatic carbocycles. The lowest BCUT2D eigenvalue weighted by molar-refractivity contribution is -0.159. The number of aryl methyl sites for hydroxylation is 2. The molecular formula is C36H52N2O6S2. The highest BCUT2D eigenvalue weighted by Crippen LogP contribution is 2.39. The van der Waals surface area contributed by atoms with E-state index in [2.05, 4.69) is 5.32 Å². The second-order valence-electron chi connectivity index (χ2n) is 14.4. The summed E-state index contributed by atoms with van der Waals surface area (Å²) in [4.78, 5) is 56.6. The van der Waals surface area contributed by atoms with Crippen LogP contribution in [0.4, 0.5) is 0 Å². The number of esters is 2. The van der Waals surface area contributed by atoms with Crippen LogP contribution in [-0.2, 0) is 19.1 Å². The molecule has 2 aromatic rings. The second kappa shape index (κ2) is 16.7. The normalized spacial score (nSPS) is 13.3. The summed E-state index contributed by atoms with van der Waals surface area (Å²) < 4.78 is 12.9. The van der Waals surface area contributed by atoms with Gasteiger partial charge in [0.2, 0.25) is 0 Å². The fourth-order valence-corrected chi connectivity index (χ4v) is 6.89. The summed E-state index contributed by atoms with van der Waals surface area (Å²) in [5.74, 6) is -1.96. The number of hydrogen-bond donors (Lipinski definition) is 1. The Balaban J connectivity index is 2.67. The predicted molar refractivity (Wildman–Crippen MR) is 188 cm³/mol. The standard InChI is InChI=1S/C36H52N2O6S2/c1-22(2)20-27(33(41)43-35(7,8)9)37-31(39)29-24(5)18-19-25(6)30(29)32(40)38(46-45-26-16-14-13-15-17-26)28(21-23(3)4)34(42)44-36(10,11)12/h13-19,22-23,27-28H,20-21H2,1-12H3,(H,37,39). The van der Waals surface area contributed by atoms with E-state index in [1.165, 1.54) is 15.1 Å². The van der Waals surface area contributed by atoms with Crippen molar-refractivity contribution in [3.8, 4) is 0 Å². The highest BCUT2D eigenvalue weighted by atomic mass is 33.1. The molecule has 46 heavy (non-hydrogen) atoms. The third kappa shape index (κ3) is 12.3. The summed E-state index contributed by atoms with van der Waals surface area (Å²) in [6.07, 6.45) is 0.712. The molecule has 0 aliphatic carbocycles. The van der Waals surface area contributed by atoms with Crippen molar-refractivity contribution < 1.29 is 28.7 Å². The third-order valence-electron chi connectivity index (χ3n) is 6.58. The largest absolute Gasteiger partial charge is 0.458 e. The van der Waals surface area contributed by atoms with Gasteiger partial charge < -0.3 is 14.8 Å². The fraction of sp³-hybridized carbons (Fsp3) is 0.556. The van der Waals surface area contributed by atoms with Gasteiger partial charge in [-0.15, -0.1) is 0 Å². The van der Waals surface area contributed by atoms with Crippen LogP contribution in [0.5, 0.6) is 0 Å². The molecule has 10 heteroatoms. The molecule has 0 aliphatic rings. The molecule has 2 atom stereocenters. The van der Waals surface area contributed by atoms with E-state index in [1.54, 1.807) is 67.5 Å². The first-order chi connectivity index (χ1) is 21.2. The smallest absolute Gasteiger partial charge is 0.330 e. The maximum atomic E-state index is 14.8. The van der Waals surface area contributed by atoms with Crippen molar-refractivity contribution >= 4 is 45.5 Å². The van der Waals surface area contributed by atoms with E-state index in [0.29, 0.717) is 24.0 Å². The Labute approximate surface area is 283 Å². The second-order valence-corrected chi connectivity index (χ2v) is 16.5. The number of benzene rings is 2. The molecule has 2 amide bonds. The molecule has 0 aliphatic heterocycles. The van der Waals surface area contributed by atoms with Crippen molar-refractivity contribution in [1.82, 2.24) is 9.62 Å². The van der Waals surface area contributed by atoms with Gasteiger partial charge in [0.05, 0.1) is 11.1 Å². The van der Waals surface area contributed by atoms with Crippen LogP contribution in [-0.4, -0.2) is 51.3 Å². The maximum Gasteiger partial charge on any atom is 0.330 e. The Morgan fingerprint density at radius 3 is 1.74 bits per heavy atom. The zero-order valence-corrected chi connectivity index (χ0v) is 31.1.